The van der Waals surface area contributed by atoms with Crippen molar-refractivity contribution in [3.8, 4) is 0 Å². The molecule has 0 aliphatic rings. The Morgan fingerprint density at radius 3 is 2.55 bits per heavy atom. The van der Waals surface area contributed by atoms with Crippen LogP contribution in [0.4, 0.5) is 5.69 Å². The van der Waals surface area contributed by atoms with Gasteiger partial charge in [-0.25, -0.2) is 0 Å². The van der Waals surface area contributed by atoms with E-state index in [2.05, 4.69) is 10.3 Å². The van der Waals surface area contributed by atoms with Gasteiger partial charge >= 0.3 is 0 Å². The van der Waals surface area contributed by atoms with E-state index < -0.39 is 0 Å². The summed E-state index contributed by atoms with van der Waals surface area (Å²) >= 11 is 0. The summed E-state index contributed by atoms with van der Waals surface area (Å²) in [5, 5.41) is 0. The number of hydrogen-bond donors (Lipinski definition) is 2. The maximum atomic E-state index is 12.6. The smallest absolute Gasteiger partial charge is 0.256 e. The highest BCUT2D eigenvalue weighted by molar-refractivity contribution is 5.99. The third kappa shape index (κ3) is 4.51. The minimum Gasteiger partial charge on any atom is -0.339 e. The molecule has 0 aromatic heterocycles. The van der Waals surface area contributed by atoms with E-state index in [1.165, 1.54) is 0 Å². The Kier molecular flexibility index (Phi) is 6.48. The fraction of sp³-hybridized carbons (Fsp3) is 0.533. The van der Waals surface area contributed by atoms with Crippen LogP contribution in [-0.2, 0) is 0 Å². The van der Waals surface area contributed by atoms with Crippen molar-refractivity contribution in [1.29, 1.82) is 0 Å². The summed E-state index contributed by atoms with van der Waals surface area (Å²) in [4.78, 5) is 16.6. The van der Waals surface area contributed by atoms with Crippen LogP contribution in [0.3, 0.4) is 0 Å². The van der Waals surface area contributed by atoms with Crippen LogP contribution in [0.5, 0.6) is 0 Å². The summed E-state index contributed by atoms with van der Waals surface area (Å²) in [5.41, 5.74) is 4.96. The first-order chi connectivity index (χ1) is 9.49. The zero-order valence-corrected chi connectivity index (χ0v) is 12.9. The van der Waals surface area contributed by atoms with Gasteiger partial charge in [-0.15, -0.1) is 0 Å². The van der Waals surface area contributed by atoms with Gasteiger partial charge in [0.1, 0.15) is 0 Å². The van der Waals surface area contributed by atoms with E-state index in [1.807, 2.05) is 51.0 Å². The fourth-order valence-corrected chi connectivity index (χ4v) is 2.11. The average molecular weight is 278 g/mol. The molecule has 0 atom stereocenters. The van der Waals surface area contributed by atoms with Gasteiger partial charge in [0.2, 0.25) is 0 Å². The molecule has 0 bridgehead atoms. The lowest BCUT2D eigenvalue weighted by molar-refractivity contribution is 0.0760. The molecule has 20 heavy (non-hydrogen) atoms. The second kappa shape index (κ2) is 7.87. The molecule has 0 heterocycles. The summed E-state index contributed by atoms with van der Waals surface area (Å²) in [6.07, 6.45) is 0.962. The van der Waals surface area contributed by atoms with E-state index in [0.717, 1.165) is 25.1 Å². The topological polar surface area (TPSA) is 61.6 Å². The van der Waals surface area contributed by atoms with Gasteiger partial charge in [-0.2, -0.15) is 0 Å². The van der Waals surface area contributed by atoms with E-state index in [-0.39, 0.29) is 5.91 Å². The number of hydrazine groups is 1. The molecule has 0 spiro atoms. The summed E-state index contributed by atoms with van der Waals surface area (Å²) in [6.45, 7) is 6.40. The molecule has 1 aromatic carbocycles. The molecule has 5 nitrogen and oxygen atoms in total. The fourth-order valence-electron chi connectivity index (χ4n) is 2.11. The van der Waals surface area contributed by atoms with Crippen molar-refractivity contribution < 1.29 is 4.79 Å². The van der Waals surface area contributed by atoms with Crippen molar-refractivity contribution in [2.75, 3.05) is 39.2 Å². The number of aryl methyl sites for hydroxylation is 1. The summed E-state index contributed by atoms with van der Waals surface area (Å²) in [6, 6.07) is 5.66. The van der Waals surface area contributed by atoms with Crippen LogP contribution in [0.15, 0.2) is 18.2 Å². The van der Waals surface area contributed by atoms with E-state index in [9.17, 15) is 4.79 Å². The number of nitrogen functional groups attached to an aromatic ring is 1. The van der Waals surface area contributed by atoms with Gasteiger partial charge in [0.25, 0.3) is 5.91 Å². The highest BCUT2D eigenvalue weighted by Gasteiger charge is 2.17. The summed E-state index contributed by atoms with van der Waals surface area (Å²) < 4.78 is 0. The lowest BCUT2D eigenvalue weighted by Crippen LogP contribution is -2.34. The molecule has 0 radical (unpaired) electrons. The lowest BCUT2D eigenvalue weighted by atomic mass is 10.1. The molecule has 0 saturated heterocycles. The first-order valence-corrected chi connectivity index (χ1v) is 7.00. The minimum atomic E-state index is 0.0305. The zero-order chi connectivity index (χ0) is 15.1. The molecule has 1 aromatic rings. The van der Waals surface area contributed by atoms with Crippen molar-refractivity contribution in [1.82, 2.24) is 9.80 Å². The summed E-state index contributed by atoms with van der Waals surface area (Å²) in [5.74, 6) is 5.52. The predicted molar refractivity (Wildman–Crippen MR) is 83.7 cm³/mol. The van der Waals surface area contributed by atoms with Crippen LogP contribution in [-0.4, -0.2) is 49.4 Å². The maximum absolute atomic E-state index is 12.6. The largest absolute Gasteiger partial charge is 0.339 e. The second-order valence-corrected chi connectivity index (χ2v) is 5.24. The van der Waals surface area contributed by atoms with Crippen LogP contribution in [0.1, 0.15) is 29.3 Å². The van der Waals surface area contributed by atoms with E-state index in [0.29, 0.717) is 17.8 Å². The molecule has 1 amide bonds. The van der Waals surface area contributed by atoms with E-state index in [1.54, 1.807) is 0 Å². The highest BCUT2D eigenvalue weighted by Crippen LogP contribution is 2.18. The molecular formula is C15H26N4O. The first kappa shape index (κ1) is 16.5. The van der Waals surface area contributed by atoms with Crippen molar-refractivity contribution in [3.05, 3.63) is 29.3 Å². The van der Waals surface area contributed by atoms with E-state index >= 15 is 0 Å². The molecule has 0 aliphatic carbocycles. The number of amides is 1. The van der Waals surface area contributed by atoms with Gasteiger partial charge in [0, 0.05) is 13.1 Å². The third-order valence-corrected chi connectivity index (χ3v) is 3.26. The molecule has 0 fully saturated rings. The van der Waals surface area contributed by atoms with Gasteiger partial charge in [0.15, 0.2) is 0 Å². The Morgan fingerprint density at radius 2 is 2.00 bits per heavy atom. The molecule has 5 heteroatoms. The number of carbonyl (C=O) groups excluding carboxylic acids is 1. The highest BCUT2D eigenvalue weighted by atomic mass is 16.2. The number of carbonyl (C=O) groups is 1. The van der Waals surface area contributed by atoms with Gasteiger partial charge in [-0.1, -0.05) is 11.6 Å². The number of rotatable bonds is 7. The third-order valence-electron chi connectivity index (χ3n) is 3.26. The number of nitrogens with one attached hydrogen (secondary N) is 1. The molecular weight excluding hydrogens is 252 g/mol. The van der Waals surface area contributed by atoms with Crippen LogP contribution in [0.25, 0.3) is 0 Å². The van der Waals surface area contributed by atoms with Gasteiger partial charge < -0.3 is 15.2 Å². The van der Waals surface area contributed by atoms with Crippen LogP contribution >= 0.6 is 0 Å². The van der Waals surface area contributed by atoms with Crippen molar-refractivity contribution in [2.24, 2.45) is 5.84 Å². The maximum Gasteiger partial charge on any atom is 0.256 e. The SMILES string of the molecule is CCN(CCCN(C)C)C(=O)c1cc(C)ccc1NN. The number of benzene rings is 1. The Morgan fingerprint density at radius 1 is 1.30 bits per heavy atom. The molecule has 0 unspecified atom stereocenters. The Balaban J connectivity index is 2.82. The van der Waals surface area contributed by atoms with Gasteiger partial charge in [-0.05, 0) is 53.0 Å². The normalized spacial score (nSPS) is 10.7. The standard InChI is InChI=1S/C15H26N4O/c1-5-19(10-6-9-18(3)4)15(20)13-11-12(2)7-8-14(13)17-16/h7-8,11,17H,5-6,9-10,16H2,1-4H3. The van der Waals surface area contributed by atoms with Crippen molar-refractivity contribution in [3.63, 3.8) is 0 Å². The number of hydrogen-bond acceptors (Lipinski definition) is 4. The Hall–Kier alpha value is -1.59. The number of anilines is 1. The van der Waals surface area contributed by atoms with Gasteiger partial charge in [0.05, 0.1) is 11.3 Å². The number of nitrogens with zero attached hydrogens (tertiary/aromatic N) is 2. The van der Waals surface area contributed by atoms with Crippen molar-refractivity contribution >= 4 is 11.6 Å². The Labute approximate surface area is 121 Å². The van der Waals surface area contributed by atoms with Crippen LogP contribution < -0.4 is 11.3 Å². The predicted octanol–water partition coefficient (Wildman–Crippen LogP) is 1.69. The molecule has 0 aliphatic heterocycles. The monoisotopic (exact) mass is 278 g/mol. The first-order valence-electron chi connectivity index (χ1n) is 7.00. The minimum absolute atomic E-state index is 0.0305. The van der Waals surface area contributed by atoms with Crippen LogP contribution in [0.2, 0.25) is 0 Å². The van der Waals surface area contributed by atoms with E-state index in [4.69, 9.17) is 5.84 Å². The lowest BCUT2D eigenvalue weighted by Gasteiger charge is -2.23. The summed E-state index contributed by atoms with van der Waals surface area (Å²) in [7, 11) is 4.07. The quantitative estimate of drug-likeness (QED) is 0.588. The zero-order valence-electron chi connectivity index (χ0n) is 12.9. The average Bonchev–Trinajstić information content (AvgIpc) is 2.42. The second-order valence-electron chi connectivity index (χ2n) is 5.24. The molecule has 1 rings (SSSR count). The molecule has 3 N–H and O–H groups in total. The molecule has 112 valence electrons. The Bertz CT molecular complexity index is 445. The number of nitrogens with two attached hydrogens (primary N) is 1. The van der Waals surface area contributed by atoms with Gasteiger partial charge in [-0.3, -0.25) is 10.6 Å². The van der Waals surface area contributed by atoms with Crippen LogP contribution in [0, 0.1) is 6.92 Å². The van der Waals surface area contributed by atoms with Crippen molar-refractivity contribution in [2.45, 2.75) is 20.3 Å². The molecule has 0 saturated carbocycles.